The zero-order valence-electron chi connectivity index (χ0n) is 15.5. The number of furan rings is 1. The molecule has 1 saturated heterocycles. The fourth-order valence-corrected chi connectivity index (χ4v) is 3.23. The summed E-state index contributed by atoms with van der Waals surface area (Å²) in [6.45, 7) is 1.79. The quantitative estimate of drug-likeness (QED) is 0.697. The third-order valence-electron chi connectivity index (χ3n) is 4.64. The number of nitrogens with zero attached hydrogens (tertiary/aromatic N) is 1. The van der Waals surface area contributed by atoms with E-state index in [1.807, 2.05) is 0 Å². The van der Waals surface area contributed by atoms with E-state index in [9.17, 15) is 14.4 Å². The molecule has 4 N–H and O–H groups in total. The second kappa shape index (κ2) is 9.18. The van der Waals surface area contributed by atoms with Crippen molar-refractivity contribution in [1.82, 2.24) is 10.2 Å². The third kappa shape index (κ3) is 4.77. The molecule has 1 aromatic heterocycles. The van der Waals surface area contributed by atoms with Gasteiger partial charge >= 0.3 is 0 Å². The summed E-state index contributed by atoms with van der Waals surface area (Å²) in [4.78, 5) is 38.9. The van der Waals surface area contributed by atoms with Gasteiger partial charge in [-0.1, -0.05) is 6.07 Å². The van der Waals surface area contributed by atoms with E-state index in [0.29, 0.717) is 37.4 Å². The van der Waals surface area contributed by atoms with Gasteiger partial charge in [-0.05, 0) is 43.2 Å². The Balaban J connectivity index is 1.65. The molecule has 0 saturated carbocycles. The average Bonchev–Trinajstić information content (AvgIpc) is 3.27. The number of piperidine rings is 1. The highest BCUT2D eigenvalue weighted by Crippen LogP contribution is 2.20. The monoisotopic (exact) mass is 384 g/mol. The number of hydrogen-bond donors (Lipinski definition) is 3. The van der Waals surface area contributed by atoms with Gasteiger partial charge in [-0.25, -0.2) is 0 Å². The number of nitrogens with two attached hydrogens (primary N) is 1. The maximum Gasteiger partial charge on any atom is 0.291 e. The summed E-state index contributed by atoms with van der Waals surface area (Å²) < 4.78 is 5.07. The fraction of sp³-hybridized carbons (Fsp3) is 0.350. The van der Waals surface area contributed by atoms with Crippen molar-refractivity contribution in [2.75, 3.05) is 31.5 Å². The standard InChI is InChI=1S/C20H24N4O4/c21-8-9-22-18(25)15-5-2-10-24(13-15)20(27)14-4-1-6-16(12-14)23-19(26)17-7-3-11-28-17/h1,3-4,6-7,11-12,15H,2,5,8-10,13,21H2,(H,22,25)(H,23,26). The maximum atomic E-state index is 12.9. The predicted octanol–water partition coefficient (Wildman–Crippen LogP) is 1.46. The molecule has 1 atom stereocenters. The van der Waals surface area contributed by atoms with Crippen LogP contribution >= 0.6 is 0 Å². The van der Waals surface area contributed by atoms with E-state index < -0.39 is 0 Å². The summed E-state index contributed by atoms with van der Waals surface area (Å²) in [5.74, 6) is -0.651. The minimum absolute atomic E-state index is 0.0672. The van der Waals surface area contributed by atoms with Crippen LogP contribution < -0.4 is 16.4 Å². The summed E-state index contributed by atoms with van der Waals surface area (Å²) in [5.41, 5.74) is 6.38. The lowest BCUT2D eigenvalue weighted by atomic mass is 9.96. The van der Waals surface area contributed by atoms with E-state index in [1.54, 1.807) is 41.3 Å². The predicted molar refractivity (Wildman–Crippen MR) is 104 cm³/mol. The van der Waals surface area contributed by atoms with Crippen molar-refractivity contribution in [2.45, 2.75) is 12.8 Å². The van der Waals surface area contributed by atoms with Gasteiger partial charge in [0.2, 0.25) is 5.91 Å². The molecule has 148 valence electrons. The Hall–Kier alpha value is -3.13. The Bertz CT molecular complexity index is 834. The highest BCUT2D eigenvalue weighted by molar-refractivity contribution is 6.03. The van der Waals surface area contributed by atoms with Crippen LogP contribution in [-0.4, -0.2) is 48.8 Å². The second-order valence-electron chi connectivity index (χ2n) is 6.68. The Morgan fingerprint density at radius 3 is 2.82 bits per heavy atom. The number of amides is 3. The molecule has 28 heavy (non-hydrogen) atoms. The number of nitrogens with one attached hydrogen (secondary N) is 2. The normalized spacial score (nSPS) is 16.5. The summed E-state index contributed by atoms with van der Waals surface area (Å²) in [5, 5.41) is 5.50. The van der Waals surface area contributed by atoms with E-state index in [0.717, 1.165) is 12.8 Å². The van der Waals surface area contributed by atoms with E-state index in [-0.39, 0.29) is 29.4 Å². The smallest absolute Gasteiger partial charge is 0.291 e. The van der Waals surface area contributed by atoms with Crippen LogP contribution in [0, 0.1) is 5.92 Å². The second-order valence-corrected chi connectivity index (χ2v) is 6.68. The minimum Gasteiger partial charge on any atom is -0.459 e. The fourth-order valence-electron chi connectivity index (χ4n) is 3.23. The molecule has 0 radical (unpaired) electrons. The molecule has 1 aromatic carbocycles. The first kappa shape index (κ1) is 19.6. The lowest BCUT2D eigenvalue weighted by Crippen LogP contribution is -2.46. The summed E-state index contributed by atoms with van der Waals surface area (Å²) >= 11 is 0. The SMILES string of the molecule is NCCNC(=O)C1CCCN(C(=O)c2cccc(NC(=O)c3ccco3)c2)C1. The molecule has 8 nitrogen and oxygen atoms in total. The Kier molecular flexibility index (Phi) is 6.44. The van der Waals surface area contributed by atoms with Crippen molar-refractivity contribution < 1.29 is 18.8 Å². The summed E-state index contributed by atoms with van der Waals surface area (Å²) in [6, 6.07) is 9.93. The topological polar surface area (TPSA) is 118 Å². The zero-order valence-corrected chi connectivity index (χ0v) is 15.5. The molecule has 1 aliphatic rings. The Labute approximate surface area is 163 Å². The van der Waals surface area contributed by atoms with Crippen molar-refractivity contribution in [1.29, 1.82) is 0 Å². The Morgan fingerprint density at radius 1 is 1.21 bits per heavy atom. The molecule has 2 aromatic rings. The molecule has 1 fully saturated rings. The van der Waals surface area contributed by atoms with Gasteiger partial charge in [-0.3, -0.25) is 14.4 Å². The first-order valence-electron chi connectivity index (χ1n) is 9.30. The molecule has 2 heterocycles. The minimum atomic E-state index is -0.385. The molecule has 0 aliphatic carbocycles. The number of benzene rings is 1. The first-order chi connectivity index (χ1) is 13.6. The van der Waals surface area contributed by atoms with E-state index in [4.69, 9.17) is 10.2 Å². The average molecular weight is 384 g/mol. The molecule has 8 heteroatoms. The van der Waals surface area contributed by atoms with Crippen molar-refractivity contribution in [3.8, 4) is 0 Å². The zero-order chi connectivity index (χ0) is 19.9. The van der Waals surface area contributed by atoms with Crippen molar-refractivity contribution in [3.05, 3.63) is 54.0 Å². The van der Waals surface area contributed by atoms with Gasteiger partial charge in [-0.2, -0.15) is 0 Å². The van der Waals surface area contributed by atoms with Gasteiger partial charge in [0.1, 0.15) is 0 Å². The van der Waals surface area contributed by atoms with E-state index in [2.05, 4.69) is 10.6 Å². The highest BCUT2D eigenvalue weighted by Gasteiger charge is 2.28. The number of carbonyl (C=O) groups excluding carboxylic acids is 3. The van der Waals surface area contributed by atoms with Crippen molar-refractivity contribution >= 4 is 23.4 Å². The molecular weight excluding hydrogens is 360 g/mol. The van der Waals surface area contributed by atoms with Gasteiger partial charge in [0.15, 0.2) is 5.76 Å². The third-order valence-corrected chi connectivity index (χ3v) is 4.64. The van der Waals surface area contributed by atoms with Crippen LogP contribution in [-0.2, 0) is 4.79 Å². The summed E-state index contributed by atoms with van der Waals surface area (Å²) in [6.07, 6.45) is 2.94. The molecule has 3 amide bonds. The van der Waals surface area contributed by atoms with E-state index >= 15 is 0 Å². The van der Waals surface area contributed by atoms with Crippen molar-refractivity contribution in [3.63, 3.8) is 0 Å². The van der Waals surface area contributed by atoms with Crippen LogP contribution in [0.4, 0.5) is 5.69 Å². The van der Waals surface area contributed by atoms with Gasteiger partial charge in [0.05, 0.1) is 12.2 Å². The van der Waals surface area contributed by atoms with Crippen molar-refractivity contribution in [2.24, 2.45) is 11.7 Å². The van der Waals surface area contributed by atoms with Crippen LogP contribution in [0.1, 0.15) is 33.8 Å². The van der Waals surface area contributed by atoms with Crippen LogP contribution in [0.25, 0.3) is 0 Å². The van der Waals surface area contributed by atoms with Gasteiger partial charge in [0.25, 0.3) is 11.8 Å². The molecule has 3 rings (SSSR count). The molecule has 1 aliphatic heterocycles. The lowest BCUT2D eigenvalue weighted by Gasteiger charge is -2.32. The number of anilines is 1. The maximum absolute atomic E-state index is 12.9. The molecule has 1 unspecified atom stereocenters. The first-order valence-corrected chi connectivity index (χ1v) is 9.30. The van der Waals surface area contributed by atoms with Crippen LogP contribution in [0.3, 0.4) is 0 Å². The van der Waals surface area contributed by atoms with Crippen LogP contribution in [0.2, 0.25) is 0 Å². The van der Waals surface area contributed by atoms with Crippen LogP contribution in [0.5, 0.6) is 0 Å². The number of carbonyl (C=O) groups is 3. The van der Waals surface area contributed by atoms with Gasteiger partial charge in [-0.15, -0.1) is 0 Å². The molecule has 0 bridgehead atoms. The van der Waals surface area contributed by atoms with E-state index in [1.165, 1.54) is 6.26 Å². The number of hydrogen-bond acceptors (Lipinski definition) is 5. The van der Waals surface area contributed by atoms with Gasteiger partial charge in [0, 0.05) is 37.4 Å². The van der Waals surface area contributed by atoms with Gasteiger partial charge < -0.3 is 25.7 Å². The lowest BCUT2D eigenvalue weighted by molar-refractivity contribution is -0.126. The van der Waals surface area contributed by atoms with Crippen LogP contribution in [0.15, 0.2) is 47.1 Å². The molecule has 0 spiro atoms. The number of rotatable bonds is 6. The summed E-state index contributed by atoms with van der Waals surface area (Å²) in [7, 11) is 0. The molecular formula is C20H24N4O4. The highest BCUT2D eigenvalue weighted by atomic mass is 16.3. The Morgan fingerprint density at radius 2 is 2.07 bits per heavy atom. The number of likely N-dealkylation sites (tertiary alicyclic amines) is 1. The largest absolute Gasteiger partial charge is 0.459 e.